The van der Waals surface area contributed by atoms with Crippen LogP contribution in [0.15, 0.2) is 18.2 Å². The van der Waals surface area contributed by atoms with Crippen LogP contribution in [0.4, 0.5) is 5.69 Å². The van der Waals surface area contributed by atoms with Crippen LogP contribution in [0.3, 0.4) is 0 Å². The van der Waals surface area contributed by atoms with Crippen LogP contribution >= 0.6 is 0 Å². The molecule has 0 aliphatic rings. The molecular formula is C20H37NOSi. The summed E-state index contributed by atoms with van der Waals surface area (Å²) in [5.41, 5.74) is 2.74. The van der Waals surface area contributed by atoms with E-state index in [1.165, 1.54) is 24.1 Å². The first-order valence-corrected chi connectivity index (χ1v) is 12.0. The van der Waals surface area contributed by atoms with Crippen LogP contribution < -0.4 is 9.33 Å². The highest BCUT2D eigenvalue weighted by molar-refractivity contribution is 6.74. The Morgan fingerprint density at radius 2 is 1.65 bits per heavy atom. The van der Waals surface area contributed by atoms with E-state index in [0.29, 0.717) is 6.04 Å². The van der Waals surface area contributed by atoms with Gasteiger partial charge >= 0.3 is 0 Å². The Morgan fingerprint density at radius 1 is 1.09 bits per heavy atom. The molecule has 132 valence electrons. The number of benzene rings is 1. The molecule has 0 aliphatic heterocycles. The zero-order valence-electron chi connectivity index (χ0n) is 16.8. The van der Waals surface area contributed by atoms with Gasteiger partial charge in [0.25, 0.3) is 0 Å². The van der Waals surface area contributed by atoms with Crippen molar-refractivity contribution < 1.29 is 4.43 Å². The van der Waals surface area contributed by atoms with Crippen LogP contribution in [0.25, 0.3) is 0 Å². The summed E-state index contributed by atoms with van der Waals surface area (Å²) in [6, 6.07) is 7.27. The van der Waals surface area contributed by atoms with Crippen molar-refractivity contribution in [1.82, 2.24) is 0 Å². The average molecular weight is 336 g/mol. The Bertz CT molecular complexity index is 501. The molecule has 1 aromatic rings. The fraction of sp³-hybridized carbons (Fsp3) is 0.700. The second-order valence-corrected chi connectivity index (χ2v) is 12.8. The summed E-state index contributed by atoms with van der Waals surface area (Å²) in [4.78, 5) is 2.44. The van der Waals surface area contributed by atoms with Crippen LogP contribution in [0.1, 0.15) is 59.9 Å². The molecule has 0 fully saturated rings. The zero-order valence-corrected chi connectivity index (χ0v) is 17.8. The predicted molar refractivity (Wildman–Crippen MR) is 106 cm³/mol. The summed E-state index contributed by atoms with van der Waals surface area (Å²) in [7, 11) is 0.448. The maximum Gasteiger partial charge on any atom is 0.250 e. The molecule has 1 aromatic carbocycles. The molecule has 0 saturated heterocycles. The summed E-state index contributed by atoms with van der Waals surface area (Å²) < 4.78 is 6.48. The van der Waals surface area contributed by atoms with Crippen molar-refractivity contribution in [3.8, 4) is 5.75 Å². The van der Waals surface area contributed by atoms with Crippen molar-refractivity contribution in [3.05, 3.63) is 23.8 Å². The van der Waals surface area contributed by atoms with E-state index < -0.39 is 8.32 Å². The lowest BCUT2D eigenvalue weighted by atomic mass is 10.1. The van der Waals surface area contributed by atoms with Gasteiger partial charge in [-0.05, 0) is 61.2 Å². The normalized spacial score (nSPS) is 12.6. The third-order valence-electron chi connectivity index (χ3n) is 5.48. The van der Waals surface area contributed by atoms with Crippen molar-refractivity contribution in [1.29, 1.82) is 0 Å². The van der Waals surface area contributed by atoms with Gasteiger partial charge in [0.2, 0.25) is 8.32 Å². The number of hydrogen-bond acceptors (Lipinski definition) is 2. The van der Waals surface area contributed by atoms with Gasteiger partial charge in [-0.3, -0.25) is 0 Å². The van der Waals surface area contributed by atoms with Crippen LogP contribution in [-0.4, -0.2) is 21.4 Å². The minimum atomic E-state index is -1.78. The SMILES string of the molecule is CCc1cc(O[Si](C)(C)C(C)(C)C)ccc1N(C)C(CC)CC. The summed E-state index contributed by atoms with van der Waals surface area (Å²) in [5.74, 6) is 1.04. The molecule has 0 bridgehead atoms. The molecule has 3 heteroatoms. The van der Waals surface area contributed by atoms with Gasteiger partial charge in [-0.2, -0.15) is 0 Å². The van der Waals surface area contributed by atoms with Crippen LogP contribution in [0, 0.1) is 0 Å². The Hall–Kier alpha value is -0.963. The molecule has 0 N–H and O–H groups in total. The monoisotopic (exact) mass is 335 g/mol. The van der Waals surface area contributed by atoms with E-state index in [1.807, 2.05) is 0 Å². The highest BCUT2D eigenvalue weighted by Gasteiger charge is 2.39. The maximum atomic E-state index is 6.48. The standard InChI is InChI=1S/C20H37NOSi/c1-10-16-15-18(22-23(8,9)20(4,5)6)13-14-19(16)21(7)17(11-2)12-3/h13-15,17H,10-12H2,1-9H3. The van der Waals surface area contributed by atoms with Gasteiger partial charge in [-0.25, -0.2) is 0 Å². The molecule has 0 aromatic heterocycles. The first kappa shape index (κ1) is 20.1. The van der Waals surface area contributed by atoms with Crippen molar-refractivity contribution >= 4 is 14.0 Å². The van der Waals surface area contributed by atoms with Gasteiger partial charge in [0, 0.05) is 18.8 Å². The number of rotatable bonds is 7. The molecule has 1 rings (SSSR count). The second kappa shape index (κ2) is 7.74. The van der Waals surface area contributed by atoms with Gasteiger partial charge in [0.15, 0.2) is 0 Å². The Balaban J connectivity index is 3.10. The lowest BCUT2D eigenvalue weighted by Gasteiger charge is -2.37. The Morgan fingerprint density at radius 3 is 2.09 bits per heavy atom. The van der Waals surface area contributed by atoms with E-state index in [1.54, 1.807) is 0 Å². The fourth-order valence-electron chi connectivity index (χ4n) is 2.73. The van der Waals surface area contributed by atoms with Crippen LogP contribution in [0.2, 0.25) is 18.1 Å². The van der Waals surface area contributed by atoms with Crippen molar-refractivity contribution in [2.75, 3.05) is 11.9 Å². The molecule has 0 unspecified atom stereocenters. The van der Waals surface area contributed by atoms with Gasteiger partial charge in [0.05, 0.1) is 0 Å². The molecule has 0 heterocycles. The third-order valence-corrected chi connectivity index (χ3v) is 9.84. The van der Waals surface area contributed by atoms with E-state index >= 15 is 0 Å². The minimum Gasteiger partial charge on any atom is -0.543 e. The number of nitrogens with zero attached hydrogens (tertiary/aromatic N) is 1. The van der Waals surface area contributed by atoms with E-state index in [-0.39, 0.29) is 5.04 Å². The smallest absolute Gasteiger partial charge is 0.250 e. The van der Waals surface area contributed by atoms with E-state index in [4.69, 9.17) is 4.43 Å². The molecule has 2 nitrogen and oxygen atoms in total. The van der Waals surface area contributed by atoms with Crippen molar-refractivity contribution in [3.63, 3.8) is 0 Å². The van der Waals surface area contributed by atoms with Gasteiger partial charge in [-0.1, -0.05) is 41.5 Å². The first-order chi connectivity index (χ1) is 10.6. The minimum absolute atomic E-state index is 0.227. The molecule has 0 radical (unpaired) electrons. The topological polar surface area (TPSA) is 12.5 Å². The largest absolute Gasteiger partial charge is 0.543 e. The summed E-state index contributed by atoms with van der Waals surface area (Å²) in [5, 5.41) is 0.227. The van der Waals surface area contributed by atoms with E-state index in [9.17, 15) is 0 Å². The number of anilines is 1. The van der Waals surface area contributed by atoms with Crippen molar-refractivity contribution in [2.24, 2.45) is 0 Å². The van der Waals surface area contributed by atoms with Gasteiger partial charge < -0.3 is 9.33 Å². The lowest BCUT2D eigenvalue weighted by molar-refractivity contribution is 0.491. The molecule has 0 aliphatic carbocycles. The number of aryl methyl sites for hydroxylation is 1. The highest BCUT2D eigenvalue weighted by Crippen LogP contribution is 2.38. The molecule has 0 saturated carbocycles. The summed E-state index contributed by atoms with van der Waals surface area (Å²) in [6.07, 6.45) is 3.39. The van der Waals surface area contributed by atoms with Gasteiger partial charge in [-0.15, -0.1) is 0 Å². The Kier molecular flexibility index (Phi) is 6.76. The van der Waals surface area contributed by atoms with Crippen LogP contribution in [-0.2, 0) is 6.42 Å². The van der Waals surface area contributed by atoms with E-state index in [2.05, 4.69) is 84.8 Å². The molecular weight excluding hydrogens is 298 g/mol. The zero-order chi connectivity index (χ0) is 17.8. The van der Waals surface area contributed by atoms with Crippen molar-refractivity contribution in [2.45, 2.75) is 85.0 Å². The average Bonchev–Trinajstić information content (AvgIpc) is 2.46. The van der Waals surface area contributed by atoms with Gasteiger partial charge in [0.1, 0.15) is 5.75 Å². The number of hydrogen-bond donors (Lipinski definition) is 0. The maximum absolute atomic E-state index is 6.48. The first-order valence-electron chi connectivity index (χ1n) is 9.12. The highest BCUT2D eigenvalue weighted by atomic mass is 28.4. The molecule has 0 spiro atoms. The van der Waals surface area contributed by atoms with E-state index in [0.717, 1.165) is 12.2 Å². The molecule has 0 atom stereocenters. The molecule has 23 heavy (non-hydrogen) atoms. The fourth-order valence-corrected chi connectivity index (χ4v) is 3.76. The quantitative estimate of drug-likeness (QED) is 0.545. The second-order valence-electron chi connectivity index (χ2n) is 8.09. The lowest BCUT2D eigenvalue weighted by Crippen LogP contribution is -2.43. The third kappa shape index (κ3) is 4.76. The summed E-state index contributed by atoms with van der Waals surface area (Å²) >= 11 is 0. The summed E-state index contributed by atoms with van der Waals surface area (Å²) in [6.45, 7) is 18.2. The Labute approximate surface area is 145 Å². The molecule has 0 amide bonds. The van der Waals surface area contributed by atoms with Crippen LogP contribution in [0.5, 0.6) is 5.75 Å². The predicted octanol–water partition coefficient (Wildman–Crippen LogP) is 6.26.